The monoisotopic (exact) mass is 400 g/mol. The van der Waals surface area contributed by atoms with Gasteiger partial charge in [0.05, 0.1) is 31.0 Å². The van der Waals surface area contributed by atoms with E-state index < -0.39 is 10.0 Å². The molecule has 28 heavy (non-hydrogen) atoms. The highest BCUT2D eigenvalue weighted by Crippen LogP contribution is 2.25. The van der Waals surface area contributed by atoms with E-state index in [0.717, 1.165) is 29.3 Å². The second-order valence-electron chi connectivity index (χ2n) is 7.16. The maximum atomic E-state index is 12.8. The number of benzene rings is 1. The predicted molar refractivity (Wildman–Crippen MR) is 106 cm³/mol. The van der Waals surface area contributed by atoms with Gasteiger partial charge in [-0.3, -0.25) is 9.67 Å². The molecule has 0 saturated carbocycles. The predicted octanol–water partition coefficient (Wildman–Crippen LogP) is 2.38. The Labute approximate surface area is 164 Å². The standard InChI is InChI=1S/C20H24N4O3S/c1-2-9-24-12-17(11-22-24)28(25,26)23-20-14-27-13-16(20)10-15-7-8-21-19-6-4-3-5-18(15)19/h3-8,11-12,16,20,23H,2,9-10,13-14H2,1H3/t16-,20-/m1/s1. The Kier molecular flexibility index (Phi) is 5.43. The maximum Gasteiger partial charge on any atom is 0.244 e. The molecule has 7 nitrogen and oxygen atoms in total. The Hall–Kier alpha value is -2.29. The molecule has 1 saturated heterocycles. The summed E-state index contributed by atoms with van der Waals surface area (Å²) >= 11 is 0. The molecule has 2 atom stereocenters. The second-order valence-corrected chi connectivity index (χ2v) is 8.87. The molecule has 1 aliphatic heterocycles. The lowest BCUT2D eigenvalue weighted by Gasteiger charge is -2.19. The van der Waals surface area contributed by atoms with E-state index in [1.807, 2.05) is 31.2 Å². The smallest absolute Gasteiger partial charge is 0.244 e. The molecule has 1 aromatic carbocycles. The lowest BCUT2D eigenvalue weighted by Crippen LogP contribution is -2.40. The quantitative estimate of drug-likeness (QED) is 0.658. The van der Waals surface area contributed by atoms with E-state index in [9.17, 15) is 8.42 Å². The number of nitrogens with one attached hydrogen (secondary N) is 1. The summed E-state index contributed by atoms with van der Waals surface area (Å²) in [6.45, 7) is 3.62. The van der Waals surface area contributed by atoms with E-state index in [2.05, 4.69) is 20.9 Å². The van der Waals surface area contributed by atoms with Crippen LogP contribution in [0.15, 0.2) is 53.8 Å². The van der Waals surface area contributed by atoms with Crippen molar-refractivity contribution in [3.05, 3.63) is 54.5 Å². The Bertz CT molecular complexity index is 1060. The zero-order valence-corrected chi connectivity index (χ0v) is 16.6. The van der Waals surface area contributed by atoms with Gasteiger partial charge in [-0.25, -0.2) is 13.1 Å². The number of hydrogen-bond acceptors (Lipinski definition) is 5. The average molecular weight is 401 g/mol. The van der Waals surface area contributed by atoms with Crippen LogP contribution in [0.4, 0.5) is 0 Å². The molecule has 0 radical (unpaired) electrons. The van der Waals surface area contributed by atoms with Crippen LogP contribution in [-0.4, -0.2) is 42.4 Å². The van der Waals surface area contributed by atoms with E-state index in [1.165, 1.54) is 6.20 Å². The van der Waals surface area contributed by atoms with E-state index in [0.29, 0.717) is 19.8 Å². The van der Waals surface area contributed by atoms with E-state index in [-0.39, 0.29) is 16.9 Å². The Morgan fingerprint density at radius 1 is 1.25 bits per heavy atom. The summed E-state index contributed by atoms with van der Waals surface area (Å²) < 4.78 is 35.7. The summed E-state index contributed by atoms with van der Waals surface area (Å²) in [7, 11) is -3.63. The number of pyridine rings is 1. The first kappa shape index (κ1) is 19.0. The zero-order valence-electron chi connectivity index (χ0n) is 15.8. The molecular formula is C20H24N4O3S. The van der Waals surface area contributed by atoms with Gasteiger partial charge in [0.15, 0.2) is 0 Å². The van der Waals surface area contributed by atoms with Gasteiger partial charge in [-0.2, -0.15) is 5.10 Å². The SMILES string of the molecule is CCCn1cc(S(=O)(=O)N[C@@H]2COC[C@H]2Cc2ccnc3ccccc23)cn1. The van der Waals surface area contributed by atoms with Crippen molar-refractivity contribution in [1.82, 2.24) is 19.5 Å². The summed E-state index contributed by atoms with van der Waals surface area (Å²) in [5, 5.41) is 5.22. The molecule has 0 spiro atoms. The average Bonchev–Trinajstić information content (AvgIpc) is 3.32. The molecule has 0 unspecified atom stereocenters. The molecule has 4 rings (SSSR count). The highest BCUT2D eigenvalue weighted by atomic mass is 32.2. The molecule has 8 heteroatoms. The van der Waals surface area contributed by atoms with Crippen molar-refractivity contribution in [2.75, 3.05) is 13.2 Å². The van der Waals surface area contributed by atoms with Crippen molar-refractivity contribution in [2.24, 2.45) is 5.92 Å². The molecule has 1 aliphatic rings. The molecule has 3 heterocycles. The number of para-hydroxylation sites is 1. The summed E-state index contributed by atoms with van der Waals surface area (Å²) in [5.74, 6) is 0.0614. The van der Waals surface area contributed by atoms with E-state index >= 15 is 0 Å². The van der Waals surface area contributed by atoms with Gasteiger partial charge < -0.3 is 4.74 Å². The zero-order chi connectivity index (χ0) is 19.6. The topological polar surface area (TPSA) is 86.1 Å². The van der Waals surface area contributed by atoms with Crippen LogP contribution in [0.3, 0.4) is 0 Å². The molecule has 0 amide bonds. The minimum Gasteiger partial charge on any atom is -0.379 e. The fourth-order valence-corrected chi connectivity index (χ4v) is 4.89. The minimum absolute atomic E-state index is 0.0614. The number of fused-ring (bicyclic) bond motifs is 1. The maximum absolute atomic E-state index is 12.8. The van der Waals surface area contributed by atoms with Crippen LogP contribution in [-0.2, 0) is 27.7 Å². The van der Waals surface area contributed by atoms with Gasteiger partial charge in [-0.15, -0.1) is 0 Å². The van der Waals surface area contributed by atoms with Crippen molar-refractivity contribution in [1.29, 1.82) is 0 Å². The van der Waals surface area contributed by atoms with Crippen LogP contribution in [0.1, 0.15) is 18.9 Å². The van der Waals surface area contributed by atoms with Crippen LogP contribution < -0.4 is 4.72 Å². The number of nitrogens with zero attached hydrogens (tertiary/aromatic N) is 3. The third kappa shape index (κ3) is 3.94. The van der Waals surface area contributed by atoms with Crippen LogP contribution in [0.25, 0.3) is 10.9 Å². The number of aryl methyl sites for hydroxylation is 1. The van der Waals surface area contributed by atoms with Crippen LogP contribution in [0.5, 0.6) is 0 Å². The Morgan fingerprint density at radius 3 is 2.96 bits per heavy atom. The van der Waals surface area contributed by atoms with Crippen LogP contribution >= 0.6 is 0 Å². The number of sulfonamides is 1. The van der Waals surface area contributed by atoms with E-state index in [1.54, 1.807) is 17.1 Å². The lowest BCUT2D eigenvalue weighted by atomic mass is 9.93. The first-order valence-corrected chi connectivity index (χ1v) is 11.0. The number of ether oxygens (including phenoxy) is 1. The van der Waals surface area contributed by atoms with E-state index in [4.69, 9.17) is 4.74 Å². The van der Waals surface area contributed by atoms with Gasteiger partial charge in [0.25, 0.3) is 0 Å². The molecule has 1 N–H and O–H groups in total. The highest BCUT2D eigenvalue weighted by Gasteiger charge is 2.33. The fourth-order valence-electron chi connectivity index (χ4n) is 3.65. The van der Waals surface area contributed by atoms with Crippen molar-refractivity contribution in [2.45, 2.75) is 37.2 Å². The van der Waals surface area contributed by atoms with Crippen molar-refractivity contribution < 1.29 is 13.2 Å². The van der Waals surface area contributed by atoms with Gasteiger partial charge in [0.2, 0.25) is 10.0 Å². The van der Waals surface area contributed by atoms with Crippen molar-refractivity contribution in [3.63, 3.8) is 0 Å². The molecule has 0 bridgehead atoms. The molecule has 2 aromatic heterocycles. The van der Waals surface area contributed by atoms with Crippen molar-refractivity contribution >= 4 is 20.9 Å². The minimum atomic E-state index is -3.63. The van der Waals surface area contributed by atoms with Gasteiger partial charge in [0.1, 0.15) is 4.90 Å². The van der Waals surface area contributed by atoms with Gasteiger partial charge in [-0.05, 0) is 30.5 Å². The molecule has 148 valence electrons. The number of rotatable bonds is 7. The largest absolute Gasteiger partial charge is 0.379 e. The lowest BCUT2D eigenvalue weighted by molar-refractivity contribution is 0.183. The van der Waals surface area contributed by atoms with Gasteiger partial charge in [-0.1, -0.05) is 25.1 Å². The van der Waals surface area contributed by atoms with Crippen molar-refractivity contribution in [3.8, 4) is 0 Å². The number of aromatic nitrogens is 3. The molecule has 0 aliphatic carbocycles. The molecular weight excluding hydrogens is 376 g/mol. The van der Waals surface area contributed by atoms with Gasteiger partial charge in [0, 0.05) is 30.2 Å². The molecule has 3 aromatic rings. The normalized spacial score (nSPS) is 20.0. The number of hydrogen-bond donors (Lipinski definition) is 1. The Morgan fingerprint density at radius 2 is 2.11 bits per heavy atom. The van der Waals surface area contributed by atoms with Crippen LogP contribution in [0, 0.1) is 5.92 Å². The fraction of sp³-hybridized carbons (Fsp3) is 0.400. The second kappa shape index (κ2) is 7.98. The molecule has 1 fully saturated rings. The third-order valence-corrected chi connectivity index (χ3v) is 6.54. The third-order valence-electron chi connectivity index (χ3n) is 5.10. The highest BCUT2D eigenvalue weighted by molar-refractivity contribution is 7.89. The summed E-state index contributed by atoms with van der Waals surface area (Å²) in [4.78, 5) is 4.60. The van der Waals surface area contributed by atoms with Gasteiger partial charge >= 0.3 is 0 Å². The summed E-state index contributed by atoms with van der Waals surface area (Å²) in [6.07, 6.45) is 6.40. The van der Waals surface area contributed by atoms with Crippen LogP contribution in [0.2, 0.25) is 0 Å². The first-order chi connectivity index (χ1) is 13.6. The summed E-state index contributed by atoms with van der Waals surface area (Å²) in [5.41, 5.74) is 2.10. The Balaban J connectivity index is 1.51. The first-order valence-electron chi connectivity index (χ1n) is 9.52. The summed E-state index contributed by atoms with van der Waals surface area (Å²) in [6, 6.07) is 9.72.